The van der Waals surface area contributed by atoms with Crippen molar-refractivity contribution >= 4 is 21.6 Å². The fourth-order valence-corrected chi connectivity index (χ4v) is 3.03. The molecule has 2 rings (SSSR count). The minimum atomic E-state index is -3.57. The topological polar surface area (TPSA) is 50.5 Å². The third-order valence-electron chi connectivity index (χ3n) is 2.81. The highest BCUT2D eigenvalue weighted by Crippen LogP contribution is 2.23. The van der Waals surface area contributed by atoms with Crippen molar-refractivity contribution in [2.75, 3.05) is 7.05 Å². The molecule has 1 aromatic heterocycles. The van der Waals surface area contributed by atoms with Gasteiger partial charge in [0.05, 0.1) is 17.7 Å². The summed E-state index contributed by atoms with van der Waals surface area (Å²) in [4.78, 5) is 0.178. The summed E-state index contributed by atoms with van der Waals surface area (Å²) in [6.45, 7) is 2.01. The number of hydrogen-bond donors (Lipinski definition) is 0. The first kappa shape index (κ1) is 14.1. The second kappa shape index (κ2) is 5.36. The summed E-state index contributed by atoms with van der Waals surface area (Å²) in [5.74, 6) is 0.587. The lowest BCUT2D eigenvalue weighted by atomic mass is 10.2. The predicted octanol–water partition coefficient (Wildman–Crippen LogP) is 3.06. The van der Waals surface area contributed by atoms with Gasteiger partial charge in [0.1, 0.15) is 5.76 Å². The number of benzene rings is 1. The van der Waals surface area contributed by atoms with Crippen LogP contribution in [0.5, 0.6) is 0 Å². The number of sulfonamides is 1. The zero-order valence-corrected chi connectivity index (χ0v) is 12.2. The van der Waals surface area contributed by atoms with Crippen LogP contribution in [-0.4, -0.2) is 19.8 Å². The standard InChI is InChI=1S/C13H14ClNO3S/c1-10-5-6-12(8-13(10)14)19(16,17)15(2)9-11-4-3-7-18-11/h3-8H,9H2,1-2H3. The van der Waals surface area contributed by atoms with Crippen LogP contribution in [0.3, 0.4) is 0 Å². The molecule has 0 bridgehead atoms. The van der Waals surface area contributed by atoms with E-state index in [4.69, 9.17) is 16.0 Å². The van der Waals surface area contributed by atoms with Crippen molar-refractivity contribution in [2.45, 2.75) is 18.4 Å². The Hall–Kier alpha value is -1.30. The van der Waals surface area contributed by atoms with E-state index in [2.05, 4.69) is 0 Å². The Morgan fingerprint density at radius 1 is 1.32 bits per heavy atom. The zero-order chi connectivity index (χ0) is 14.0. The van der Waals surface area contributed by atoms with Gasteiger partial charge < -0.3 is 4.42 Å². The summed E-state index contributed by atoms with van der Waals surface area (Å²) in [6.07, 6.45) is 1.51. The number of furan rings is 1. The molecule has 0 aliphatic rings. The molecule has 0 atom stereocenters. The van der Waals surface area contributed by atoms with Crippen molar-refractivity contribution in [1.82, 2.24) is 4.31 Å². The van der Waals surface area contributed by atoms with E-state index in [1.54, 1.807) is 24.3 Å². The molecule has 0 saturated carbocycles. The average molecular weight is 300 g/mol. The zero-order valence-electron chi connectivity index (χ0n) is 10.6. The molecule has 1 aromatic carbocycles. The van der Waals surface area contributed by atoms with E-state index < -0.39 is 10.0 Å². The number of halogens is 1. The fourth-order valence-electron chi connectivity index (χ4n) is 1.62. The molecular formula is C13H14ClNO3S. The van der Waals surface area contributed by atoms with E-state index in [0.717, 1.165) is 5.56 Å². The minimum absolute atomic E-state index is 0.178. The Kier molecular flexibility index (Phi) is 3.99. The Bertz CT molecular complexity index is 665. The summed E-state index contributed by atoms with van der Waals surface area (Å²) in [6, 6.07) is 8.16. The van der Waals surface area contributed by atoms with E-state index >= 15 is 0 Å². The summed E-state index contributed by atoms with van der Waals surface area (Å²) < 4.78 is 31.1. The van der Waals surface area contributed by atoms with Gasteiger partial charge >= 0.3 is 0 Å². The monoisotopic (exact) mass is 299 g/mol. The maximum atomic E-state index is 12.3. The lowest BCUT2D eigenvalue weighted by Gasteiger charge is -2.16. The van der Waals surface area contributed by atoms with E-state index in [0.29, 0.717) is 10.8 Å². The number of aryl methyl sites for hydroxylation is 1. The van der Waals surface area contributed by atoms with Crippen molar-refractivity contribution in [3.8, 4) is 0 Å². The third kappa shape index (κ3) is 3.00. The average Bonchev–Trinajstić information content (AvgIpc) is 2.85. The molecule has 19 heavy (non-hydrogen) atoms. The molecule has 6 heteroatoms. The lowest BCUT2D eigenvalue weighted by Crippen LogP contribution is -2.26. The Balaban J connectivity index is 2.28. The van der Waals surface area contributed by atoms with Gasteiger partial charge in [-0.1, -0.05) is 17.7 Å². The summed E-state index contributed by atoms with van der Waals surface area (Å²) >= 11 is 5.97. The van der Waals surface area contributed by atoms with Crippen LogP contribution >= 0.6 is 11.6 Å². The first-order valence-electron chi connectivity index (χ1n) is 5.66. The van der Waals surface area contributed by atoms with Crippen LogP contribution in [-0.2, 0) is 16.6 Å². The van der Waals surface area contributed by atoms with Crippen LogP contribution in [0.25, 0.3) is 0 Å². The summed E-state index contributed by atoms with van der Waals surface area (Å²) in [7, 11) is -2.06. The second-order valence-electron chi connectivity index (χ2n) is 4.25. The smallest absolute Gasteiger partial charge is 0.243 e. The quantitative estimate of drug-likeness (QED) is 0.872. The normalized spacial score (nSPS) is 12.0. The molecule has 0 amide bonds. The first-order valence-corrected chi connectivity index (χ1v) is 7.48. The number of hydrogen-bond acceptors (Lipinski definition) is 3. The molecule has 0 fully saturated rings. The maximum absolute atomic E-state index is 12.3. The van der Waals surface area contributed by atoms with E-state index in [9.17, 15) is 8.42 Å². The highest BCUT2D eigenvalue weighted by Gasteiger charge is 2.22. The van der Waals surface area contributed by atoms with Crippen LogP contribution in [0.2, 0.25) is 5.02 Å². The maximum Gasteiger partial charge on any atom is 0.243 e. The highest BCUT2D eigenvalue weighted by atomic mass is 35.5. The van der Waals surface area contributed by atoms with E-state index in [1.807, 2.05) is 6.92 Å². The van der Waals surface area contributed by atoms with Gasteiger partial charge in [-0.05, 0) is 36.8 Å². The van der Waals surface area contributed by atoms with Gasteiger partial charge in [0.2, 0.25) is 10.0 Å². The molecule has 0 N–H and O–H groups in total. The summed E-state index contributed by atoms with van der Waals surface area (Å²) in [5, 5.41) is 0.437. The van der Waals surface area contributed by atoms with Crippen LogP contribution in [0, 0.1) is 6.92 Å². The molecule has 4 nitrogen and oxygen atoms in total. The molecule has 0 spiro atoms. The molecule has 1 heterocycles. The van der Waals surface area contributed by atoms with Gasteiger partial charge in [0.15, 0.2) is 0 Å². The fraction of sp³-hybridized carbons (Fsp3) is 0.231. The van der Waals surface area contributed by atoms with Gasteiger partial charge in [-0.2, -0.15) is 4.31 Å². The van der Waals surface area contributed by atoms with Crippen LogP contribution in [0.4, 0.5) is 0 Å². The molecule has 0 radical (unpaired) electrons. The molecule has 102 valence electrons. The molecule has 2 aromatic rings. The Labute approximate surface area is 117 Å². The van der Waals surface area contributed by atoms with Crippen molar-refractivity contribution < 1.29 is 12.8 Å². The van der Waals surface area contributed by atoms with E-state index in [-0.39, 0.29) is 11.4 Å². The van der Waals surface area contributed by atoms with E-state index in [1.165, 1.54) is 23.7 Å². The largest absolute Gasteiger partial charge is 0.468 e. The molecule has 0 saturated heterocycles. The first-order chi connectivity index (χ1) is 8.91. The van der Waals surface area contributed by atoms with Gasteiger partial charge in [-0.15, -0.1) is 0 Å². The van der Waals surface area contributed by atoms with Crippen molar-refractivity contribution in [1.29, 1.82) is 0 Å². The van der Waals surface area contributed by atoms with Crippen LogP contribution < -0.4 is 0 Å². The minimum Gasteiger partial charge on any atom is -0.468 e. The SMILES string of the molecule is Cc1ccc(S(=O)(=O)N(C)Cc2ccco2)cc1Cl. The number of rotatable bonds is 4. The van der Waals surface area contributed by atoms with Gasteiger partial charge in [-0.25, -0.2) is 8.42 Å². The summed E-state index contributed by atoms with van der Waals surface area (Å²) in [5.41, 5.74) is 0.842. The lowest BCUT2D eigenvalue weighted by molar-refractivity contribution is 0.406. The van der Waals surface area contributed by atoms with Gasteiger partial charge in [-0.3, -0.25) is 0 Å². The van der Waals surface area contributed by atoms with Gasteiger partial charge in [0, 0.05) is 12.1 Å². The van der Waals surface area contributed by atoms with Crippen LogP contribution in [0.1, 0.15) is 11.3 Å². The third-order valence-corrected chi connectivity index (χ3v) is 5.02. The van der Waals surface area contributed by atoms with Gasteiger partial charge in [0.25, 0.3) is 0 Å². The molecular weight excluding hydrogens is 286 g/mol. The van der Waals surface area contributed by atoms with Crippen LogP contribution in [0.15, 0.2) is 45.9 Å². The molecule has 0 aliphatic heterocycles. The molecule has 0 unspecified atom stereocenters. The Morgan fingerprint density at radius 3 is 2.63 bits per heavy atom. The number of nitrogens with zero attached hydrogens (tertiary/aromatic N) is 1. The van der Waals surface area contributed by atoms with Crippen molar-refractivity contribution in [2.24, 2.45) is 0 Å². The predicted molar refractivity (Wildman–Crippen MR) is 73.5 cm³/mol. The Morgan fingerprint density at radius 2 is 2.05 bits per heavy atom. The second-order valence-corrected chi connectivity index (χ2v) is 6.70. The van der Waals surface area contributed by atoms with Crippen molar-refractivity contribution in [3.05, 3.63) is 52.9 Å². The highest BCUT2D eigenvalue weighted by molar-refractivity contribution is 7.89. The molecule has 0 aliphatic carbocycles. The van der Waals surface area contributed by atoms with Crippen molar-refractivity contribution in [3.63, 3.8) is 0 Å².